The molecular weight excluding hydrogens is 1280 g/mol. The molecule has 4 aromatic rings. The van der Waals surface area contributed by atoms with Crippen molar-refractivity contribution in [1.82, 2.24) is 9.80 Å². The van der Waals surface area contributed by atoms with Crippen molar-refractivity contribution in [3.63, 3.8) is 0 Å². The highest BCUT2D eigenvalue weighted by molar-refractivity contribution is 6.74. The summed E-state index contributed by atoms with van der Waals surface area (Å²) in [6.45, 7) is 27.2. The van der Waals surface area contributed by atoms with E-state index in [9.17, 15) is 28.8 Å². The Balaban J connectivity index is 0.956. The Bertz CT molecular complexity index is 3490. The number of nitrogens with zero attached hydrogens (tertiary/aromatic N) is 2. The fraction of sp³-hybridized carbons (Fsp3) is 0.563. The molecule has 3 N–H and O–H groups in total. The first-order chi connectivity index (χ1) is 45.7. The molecule has 1 saturated carbocycles. The normalized spacial score (nSPS) is 20.6. The van der Waals surface area contributed by atoms with Crippen LogP contribution < -0.4 is 34.7 Å². The molecule has 2 saturated heterocycles. The number of hydrogen-bond donors (Lipinski definition) is 2. The van der Waals surface area contributed by atoms with Crippen molar-refractivity contribution in [2.24, 2.45) is 5.41 Å². The van der Waals surface area contributed by atoms with Gasteiger partial charge in [-0.3, -0.25) is 29.3 Å². The van der Waals surface area contributed by atoms with Crippen LogP contribution in [0.5, 0.6) is 28.7 Å². The number of amides is 3. The minimum atomic E-state index is -2.28. The maximum absolute atomic E-state index is 15.3. The standard InChI is InChI=1S/C71H98N4O20Si2/c1-43(76)91-60-61(92-44(2)77)63(93-45(3)78)67(95-62(60)66(81)85-12)94-51-26-24-46(25-27-51)39-88-68(82)73-55-36-59(57(84-11)34-53(55)65(80)74-38-48-23-19-18-22-47(48)32-49(74)40-89-96(13,14)69(4,5)6)87-31-21-17-20-30-86-58-35-54(72)52(33-56(58)83-10)64(79)75-42-71(28-29-71)37-50(75)41-90-97(15,16)70(7,8)9/h18-19,22-27,33-36,49-50,60-63,67H,17,20-21,28-32,37-42,72H2,1-16H3,(H,73,82)/t49-,50-,60-,61-,62-,63+,67+/m0/s1. The summed E-state index contributed by atoms with van der Waals surface area (Å²) in [5.41, 5.74) is 10.2. The van der Waals surface area contributed by atoms with Crippen molar-refractivity contribution in [1.29, 1.82) is 0 Å². The van der Waals surface area contributed by atoms with Crippen molar-refractivity contribution in [3.05, 3.63) is 101 Å². The van der Waals surface area contributed by atoms with Crippen LogP contribution >= 0.6 is 0 Å². The number of nitrogens with two attached hydrogens (primary N) is 1. The van der Waals surface area contributed by atoms with E-state index in [1.165, 1.54) is 26.4 Å². The summed E-state index contributed by atoms with van der Waals surface area (Å²) in [5, 5.41) is 2.76. The number of rotatable bonds is 27. The van der Waals surface area contributed by atoms with E-state index in [-0.39, 0.29) is 94.3 Å². The Morgan fingerprint density at radius 2 is 1.18 bits per heavy atom. The quantitative estimate of drug-likeness (QED) is 0.0184. The Labute approximate surface area is 571 Å². The molecule has 3 fully saturated rings. The van der Waals surface area contributed by atoms with Crippen molar-refractivity contribution < 1.29 is 94.5 Å². The maximum atomic E-state index is 15.3. The van der Waals surface area contributed by atoms with Gasteiger partial charge in [0.05, 0.1) is 76.7 Å². The number of methoxy groups -OCH3 is 3. The van der Waals surface area contributed by atoms with Crippen molar-refractivity contribution in [2.75, 3.05) is 65.4 Å². The smallest absolute Gasteiger partial charge is 0.411 e. The molecular formula is C71H98N4O20Si2. The zero-order valence-corrected chi connectivity index (χ0v) is 61.0. The first kappa shape index (κ1) is 74.9. The molecule has 0 radical (unpaired) electrons. The van der Waals surface area contributed by atoms with E-state index in [1.54, 1.807) is 41.3 Å². The van der Waals surface area contributed by atoms with Gasteiger partial charge in [0.15, 0.2) is 57.9 Å². The van der Waals surface area contributed by atoms with Crippen LogP contribution in [0.3, 0.4) is 0 Å². The molecule has 4 aromatic carbocycles. The van der Waals surface area contributed by atoms with Gasteiger partial charge in [-0.1, -0.05) is 77.9 Å². The molecule has 7 atom stereocenters. The summed E-state index contributed by atoms with van der Waals surface area (Å²) < 4.78 is 76.7. The number of esters is 4. The summed E-state index contributed by atoms with van der Waals surface area (Å²) in [6.07, 6.45) is -3.35. The summed E-state index contributed by atoms with van der Waals surface area (Å²) in [7, 11) is -0.249. The molecule has 0 unspecified atom stereocenters. The van der Waals surface area contributed by atoms with Gasteiger partial charge in [-0.2, -0.15) is 0 Å². The molecule has 530 valence electrons. The number of anilines is 2. The first-order valence-electron chi connectivity index (χ1n) is 33.0. The van der Waals surface area contributed by atoms with E-state index in [1.807, 2.05) is 23.1 Å². The van der Waals surface area contributed by atoms with Crippen LogP contribution in [0.4, 0.5) is 16.2 Å². The predicted octanol–water partition coefficient (Wildman–Crippen LogP) is 11.3. The van der Waals surface area contributed by atoms with Gasteiger partial charge in [-0.15, -0.1) is 0 Å². The zero-order chi connectivity index (χ0) is 71.0. The van der Waals surface area contributed by atoms with Crippen LogP contribution in [0.15, 0.2) is 72.8 Å². The molecule has 97 heavy (non-hydrogen) atoms. The number of unbranched alkanes of at least 4 members (excludes halogenated alkanes) is 2. The van der Waals surface area contributed by atoms with Gasteiger partial charge in [-0.25, -0.2) is 9.59 Å². The van der Waals surface area contributed by atoms with Crippen LogP contribution in [-0.2, 0) is 76.0 Å². The largest absolute Gasteiger partial charge is 0.493 e. The van der Waals surface area contributed by atoms with Gasteiger partial charge >= 0.3 is 30.0 Å². The lowest BCUT2D eigenvalue weighted by Gasteiger charge is -2.43. The summed E-state index contributed by atoms with van der Waals surface area (Å²) in [6, 6.07) is 20.1. The number of likely N-dealkylation sites (tertiary alicyclic amines) is 1. The molecule has 26 heteroatoms. The van der Waals surface area contributed by atoms with E-state index in [0.29, 0.717) is 73.8 Å². The fourth-order valence-corrected chi connectivity index (χ4v) is 13.7. The van der Waals surface area contributed by atoms with E-state index >= 15 is 4.79 Å². The molecule has 3 amide bonds. The summed E-state index contributed by atoms with van der Waals surface area (Å²) in [5.74, 6) is -2.61. The van der Waals surface area contributed by atoms with E-state index in [4.69, 9.17) is 66.7 Å². The first-order valence-corrected chi connectivity index (χ1v) is 38.8. The highest BCUT2D eigenvalue weighted by Crippen LogP contribution is 2.55. The topological polar surface area (TPSA) is 284 Å². The molecule has 3 heterocycles. The minimum absolute atomic E-state index is 0.0396. The number of nitrogen functional groups attached to an aromatic ring is 1. The van der Waals surface area contributed by atoms with Crippen LogP contribution in [0, 0.1) is 5.41 Å². The fourth-order valence-electron chi connectivity index (χ4n) is 11.6. The molecule has 4 aliphatic rings. The van der Waals surface area contributed by atoms with Gasteiger partial charge in [0.1, 0.15) is 12.4 Å². The summed E-state index contributed by atoms with van der Waals surface area (Å²) in [4.78, 5) is 97.3. The minimum Gasteiger partial charge on any atom is -0.493 e. The lowest BCUT2D eigenvalue weighted by atomic mass is 9.93. The lowest BCUT2D eigenvalue weighted by Crippen LogP contribution is -2.64. The Hall–Kier alpha value is -7.92. The monoisotopic (exact) mass is 1380 g/mol. The average Bonchev–Trinajstić information content (AvgIpc) is 1.56. The maximum Gasteiger partial charge on any atom is 0.411 e. The second-order valence-corrected chi connectivity index (χ2v) is 38.1. The van der Waals surface area contributed by atoms with Gasteiger partial charge in [-0.05, 0) is 128 Å². The number of ether oxygens (including phenoxy) is 11. The number of hydrogen-bond acceptors (Lipinski definition) is 21. The Kier molecular flexibility index (Phi) is 24.2. The number of benzene rings is 4. The highest BCUT2D eigenvalue weighted by Gasteiger charge is 2.57. The molecule has 1 spiro atoms. The second kappa shape index (κ2) is 31.3. The third-order valence-electron chi connectivity index (χ3n) is 19.4. The number of carbonyl (C=O) groups excluding carboxylic acids is 7. The number of carbonyl (C=O) groups is 7. The van der Waals surface area contributed by atoms with Crippen LogP contribution in [0.2, 0.25) is 36.3 Å². The SMILES string of the molecule is COC(=O)[C@H]1O[C@@H](Oc2ccc(COC(=O)Nc3cc(OCCCCCOc4cc(N)c(C(=O)N5CC6(CC6)C[C@H]5CO[Si](C)(C)C(C)(C)C)cc4OC)c(OC)cc3C(=O)N3Cc4ccccc4C[C@H]3CO[Si](C)(C)C(C)(C)C)cc2)[C@H](OC(C)=O)[C@@H](OC(C)=O)[C@@H]1OC(C)=O. The van der Waals surface area contributed by atoms with Gasteiger partial charge in [0, 0.05) is 51.7 Å². The molecule has 0 aromatic heterocycles. The van der Waals surface area contributed by atoms with Gasteiger partial charge in [0.2, 0.25) is 12.4 Å². The van der Waals surface area contributed by atoms with E-state index < -0.39 is 77.3 Å². The van der Waals surface area contributed by atoms with Gasteiger partial charge < -0.3 is 76.5 Å². The third-order valence-corrected chi connectivity index (χ3v) is 28.4. The van der Waals surface area contributed by atoms with E-state index in [0.717, 1.165) is 58.3 Å². The average molecular weight is 1380 g/mol. The Morgan fingerprint density at radius 3 is 1.73 bits per heavy atom. The second-order valence-electron chi connectivity index (χ2n) is 28.5. The molecule has 3 aliphatic heterocycles. The Morgan fingerprint density at radius 1 is 0.639 bits per heavy atom. The zero-order valence-electron chi connectivity index (χ0n) is 59.0. The predicted molar refractivity (Wildman–Crippen MR) is 365 cm³/mol. The number of fused-ring (bicyclic) bond motifs is 1. The van der Waals surface area contributed by atoms with Crippen molar-refractivity contribution in [3.8, 4) is 28.7 Å². The highest BCUT2D eigenvalue weighted by atomic mass is 28.4. The van der Waals surface area contributed by atoms with Crippen molar-refractivity contribution >= 4 is 69.8 Å². The number of nitrogens with one attached hydrogen (secondary N) is 1. The summed E-state index contributed by atoms with van der Waals surface area (Å²) >= 11 is 0. The molecule has 24 nitrogen and oxygen atoms in total. The van der Waals surface area contributed by atoms with E-state index in [2.05, 4.69) is 79.1 Å². The van der Waals surface area contributed by atoms with Gasteiger partial charge in [0.25, 0.3) is 11.8 Å². The lowest BCUT2D eigenvalue weighted by molar-refractivity contribution is -0.282. The van der Waals surface area contributed by atoms with Crippen LogP contribution in [0.1, 0.15) is 138 Å². The third kappa shape index (κ3) is 18.6. The molecule has 0 bridgehead atoms. The molecule has 8 rings (SSSR count). The van der Waals surface area contributed by atoms with Crippen LogP contribution in [0.25, 0.3) is 0 Å². The molecule has 1 aliphatic carbocycles. The van der Waals surface area contributed by atoms with Crippen molar-refractivity contribution in [2.45, 2.75) is 199 Å². The van der Waals surface area contributed by atoms with Crippen LogP contribution in [-0.4, -0.2) is 165 Å².